The first-order valence-corrected chi connectivity index (χ1v) is 8.59. The molecule has 1 aliphatic heterocycles. The lowest BCUT2D eigenvalue weighted by molar-refractivity contribution is 0.174. The van der Waals surface area contributed by atoms with E-state index in [1.807, 2.05) is 0 Å². The van der Waals surface area contributed by atoms with Crippen molar-refractivity contribution in [2.45, 2.75) is 17.8 Å². The molecule has 18 heavy (non-hydrogen) atoms. The molecule has 0 spiro atoms. The Hall–Kier alpha value is 0.220. The van der Waals surface area contributed by atoms with E-state index in [0.717, 1.165) is 17.3 Å². The van der Waals surface area contributed by atoms with Gasteiger partial charge in [-0.3, -0.25) is 0 Å². The molecule has 1 heterocycles. The highest BCUT2D eigenvalue weighted by atomic mass is 79.9. The molecule has 0 aromatic heterocycles. The van der Waals surface area contributed by atoms with Crippen LogP contribution >= 0.6 is 39.5 Å². The van der Waals surface area contributed by atoms with E-state index in [4.69, 9.17) is 0 Å². The molecule has 1 aromatic carbocycles. The van der Waals surface area contributed by atoms with E-state index in [2.05, 4.69) is 15.9 Å². The number of thioether (sulfide) groups is 2. The van der Waals surface area contributed by atoms with Crippen LogP contribution in [0, 0.1) is 11.6 Å². The van der Waals surface area contributed by atoms with Crippen LogP contribution in [-0.2, 0) is 6.42 Å². The average Bonchev–Trinajstić information content (AvgIpc) is 2.40. The highest BCUT2D eigenvalue weighted by Crippen LogP contribution is 2.29. The molecular formula is C12H13BrF2OS2. The second-order valence-corrected chi connectivity index (χ2v) is 7.43. The van der Waals surface area contributed by atoms with Gasteiger partial charge in [-0.1, -0.05) is 0 Å². The molecule has 0 saturated carbocycles. The summed E-state index contributed by atoms with van der Waals surface area (Å²) in [5.41, 5.74) is -0.0342. The number of benzene rings is 1. The van der Waals surface area contributed by atoms with Crippen molar-refractivity contribution in [1.82, 2.24) is 0 Å². The van der Waals surface area contributed by atoms with Gasteiger partial charge in [-0.15, -0.1) is 0 Å². The van der Waals surface area contributed by atoms with Gasteiger partial charge in [0.25, 0.3) is 0 Å². The van der Waals surface area contributed by atoms with Crippen molar-refractivity contribution in [2.24, 2.45) is 0 Å². The Morgan fingerprint density at radius 1 is 1.39 bits per heavy atom. The predicted molar refractivity (Wildman–Crippen MR) is 77.3 cm³/mol. The van der Waals surface area contributed by atoms with E-state index in [0.29, 0.717) is 0 Å². The molecule has 2 rings (SSSR count). The Bertz CT molecular complexity index is 425. The van der Waals surface area contributed by atoms with Gasteiger partial charge in [0.1, 0.15) is 11.6 Å². The summed E-state index contributed by atoms with van der Waals surface area (Å²) in [6.07, 6.45) is -0.684. The Morgan fingerprint density at radius 3 is 2.83 bits per heavy atom. The van der Waals surface area contributed by atoms with Crippen molar-refractivity contribution in [3.05, 3.63) is 33.8 Å². The molecule has 1 aliphatic rings. The summed E-state index contributed by atoms with van der Waals surface area (Å²) in [5, 5.41) is 10.1. The van der Waals surface area contributed by atoms with Crippen LogP contribution in [0.1, 0.15) is 5.56 Å². The maximum absolute atomic E-state index is 13.8. The lowest BCUT2D eigenvalue weighted by Gasteiger charge is -2.26. The molecule has 1 nitrogen and oxygen atoms in total. The highest BCUT2D eigenvalue weighted by molar-refractivity contribution is 9.10. The van der Waals surface area contributed by atoms with E-state index in [1.54, 1.807) is 23.5 Å². The highest BCUT2D eigenvalue weighted by Gasteiger charge is 2.25. The number of aliphatic hydroxyl groups excluding tert-OH is 1. The Morgan fingerprint density at radius 2 is 2.17 bits per heavy atom. The van der Waals surface area contributed by atoms with Crippen molar-refractivity contribution < 1.29 is 13.9 Å². The van der Waals surface area contributed by atoms with Crippen LogP contribution in [0.15, 0.2) is 16.6 Å². The van der Waals surface area contributed by atoms with Gasteiger partial charge >= 0.3 is 0 Å². The molecule has 1 N–H and O–H groups in total. The maximum Gasteiger partial charge on any atom is 0.143 e. The van der Waals surface area contributed by atoms with E-state index in [-0.39, 0.29) is 21.7 Å². The van der Waals surface area contributed by atoms with Gasteiger partial charge in [0.05, 0.1) is 10.6 Å². The fourth-order valence-corrected chi connectivity index (χ4v) is 4.97. The van der Waals surface area contributed by atoms with Crippen molar-refractivity contribution in [2.75, 3.05) is 17.3 Å². The van der Waals surface area contributed by atoms with Gasteiger partial charge in [-0.2, -0.15) is 23.5 Å². The molecule has 100 valence electrons. The molecular weight excluding hydrogens is 342 g/mol. The molecule has 0 bridgehead atoms. The lowest BCUT2D eigenvalue weighted by atomic mass is 10.0. The summed E-state index contributed by atoms with van der Waals surface area (Å²) in [5.74, 6) is 1.69. The summed E-state index contributed by atoms with van der Waals surface area (Å²) >= 11 is 6.49. The molecule has 1 aromatic rings. The normalized spacial score (nSPS) is 21.9. The molecule has 2 atom stereocenters. The van der Waals surface area contributed by atoms with Crippen molar-refractivity contribution >= 4 is 39.5 Å². The largest absolute Gasteiger partial charge is 0.392 e. The van der Waals surface area contributed by atoms with Crippen LogP contribution < -0.4 is 0 Å². The number of halogens is 3. The number of aliphatic hydroxyl groups is 1. The fraction of sp³-hybridized carbons (Fsp3) is 0.500. The number of hydrogen-bond donors (Lipinski definition) is 1. The Balaban J connectivity index is 2.10. The van der Waals surface area contributed by atoms with E-state index < -0.39 is 17.7 Å². The van der Waals surface area contributed by atoms with E-state index in [1.165, 1.54) is 12.1 Å². The summed E-state index contributed by atoms with van der Waals surface area (Å²) < 4.78 is 27.6. The third-order valence-electron chi connectivity index (χ3n) is 2.82. The van der Waals surface area contributed by atoms with Crippen LogP contribution in [0.4, 0.5) is 8.78 Å². The second kappa shape index (κ2) is 6.59. The first-order valence-electron chi connectivity index (χ1n) is 5.59. The third kappa shape index (κ3) is 3.40. The monoisotopic (exact) mass is 354 g/mol. The minimum atomic E-state index is -0.707. The van der Waals surface area contributed by atoms with Crippen molar-refractivity contribution in [3.8, 4) is 0 Å². The van der Waals surface area contributed by atoms with Crippen molar-refractivity contribution in [3.63, 3.8) is 0 Å². The topological polar surface area (TPSA) is 20.2 Å². The maximum atomic E-state index is 13.8. The standard InChI is InChI=1S/C12H13BrF2OS2/c13-8-1-2-9(14)7(12(8)15)5-10(16)11-6-17-3-4-18-11/h1-2,10-11,16H,3-6H2. The number of hydrogen-bond acceptors (Lipinski definition) is 3. The molecule has 2 unspecified atom stereocenters. The fourth-order valence-electron chi connectivity index (χ4n) is 1.82. The quantitative estimate of drug-likeness (QED) is 0.839. The zero-order valence-corrected chi connectivity index (χ0v) is 12.8. The van der Waals surface area contributed by atoms with Crippen LogP contribution in [0.3, 0.4) is 0 Å². The minimum Gasteiger partial charge on any atom is -0.392 e. The Kier molecular flexibility index (Phi) is 5.35. The van der Waals surface area contributed by atoms with Crippen LogP contribution in [0.25, 0.3) is 0 Å². The van der Waals surface area contributed by atoms with Crippen LogP contribution in [0.5, 0.6) is 0 Å². The predicted octanol–water partition coefficient (Wildman–Crippen LogP) is 3.48. The smallest absolute Gasteiger partial charge is 0.143 e. The molecule has 0 aliphatic carbocycles. The Labute approximate surface area is 122 Å². The molecule has 0 amide bonds. The van der Waals surface area contributed by atoms with Crippen LogP contribution in [0.2, 0.25) is 0 Å². The zero-order valence-electron chi connectivity index (χ0n) is 9.54. The SMILES string of the molecule is OC(Cc1c(F)ccc(Br)c1F)C1CSCCS1. The van der Waals surface area contributed by atoms with Gasteiger partial charge in [-0.05, 0) is 28.1 Å². The number of rotatable bonds is 3. The van der Waals surface area contributed by atoms with Gasteiger partial charge in [0.2, 0.25) is 0 Å². The zero-order chi connectivity index (χ0) is 13.1. The van der Waals surface area contributed by atoms with Crippen molar-refractivity contribution in [1.29, 1.82) is 0 Å². The van der Waals surface area contributed by atoms with E-state index in [9.17, 15) is 13.9 Å². The molecule has 6 heteroatoms. The summed E-state index contributed by atoms with van der Waals surface area (Å²) in [4.78, 5) is 0. The molecule has 1 saturated heterocycles. The summed E-state index contributed by atoms with van der Waals surface area (Å²) in [6, 6.07) is 2.56. The van der Waals surface area contributed by atoms with Crippen LogP contribution in [-0.4, -0.2) is 33.7 Å². The first kappa shape index (κ1) is 14.6. The minimum absolute atomic E-state index is 0.0231. The van der Waals surface area contributed by atoms with Gasteiger partial charge in [0.15, 0.2) is 0 Å². The van der Waals surface area contributed by atoms with Gasteiger partial charge < -0.3 is 5.11 Å². The molecule has 1 fully saturated rings. The molecule has 0 radical (unpaired) electrons. The lowest BCUT2D eigenvalue weighted by Crippen LogP contribution is -2.31. The first-order chi connectivity index (χ1) is 8.59. The van der Waals surface area contributed by atoms with E-state index >= 15 is 0 Å². The third-order valence-corrected chi connectivity index (χ3v) is 6.34. The van der Waals surface area contributed by atoms with Gasteiger partial charge in [0, 0.05) is 34.5 Å². The van der Waals surface area contributed by atoms with Gasteiger partial charge in [-0.25, -0.2) is 8.78 Å². The summed E-state index contributed by atoms with van der Waals surface area (Å²) in [6.45, 7) is 0. The average molecular weight is 355 g/mol. The second-order valence-electron chi connectivity index (χ2n) is 4.08. The summed E-state index contributed by atoms with van der Waals surface area (Å²) in [7, 11) is 0.